The molecule has 3 heteroatoms. The molecular formula is C12H14O2S. The van der Waals surface area contributed by atoms with E-state index < -0.39 is 0 Å². The predicted molar refractivity (Wildman–Crippen MR) is 63.4 cm³/mol. The van der Waals surface area contributed by atoms with Gasteiger partial charge in [-0.05, 0) is 35.6 Å². The summed E-state index contributed by atoms with van der Waals surface area (Å²) in [5.41, 5.74) is 3.26. The Hall–Kier alpha value is -0.930. The smallest absolute Gasteiger partial charge is 0.141 e. The third kappa shape index (κ3) is 2.55. The quantitative estimate of drug-likeness (QED) is 0.753. The molecule has 2 rings (SSSR count). The molecular weight excluding hydrogens is 208 g/mol. The highest BCUT2D eigenvalue weighted by Gasteiger charge is 2.12. The molecule has 1 unspecified atom stereocenters. The Bertz CT molecular complexity index is 374. The van der Waals surface area contributed by atoms with Crippen molar-refractivity contribution in [2.24, 2.45) is 0 Å². The van der Waals surface area contributed by atoms with Crippen LogP contribution in [0.2, 0.25) is 0 Å². The Morgan fingerprint density at radius 3 is 3.00 bits per heavy atom. The van der Waals surface area contributed by atoms with Crippen LogP contribution in [0, 0.1) is 0 Å². The second-order valence-electron chi connectivity index (χ2n) is 3.63. The average Bonchev–Trinajstić information content (AvgIpc) is 2.30. The first-order chi connectivity index (χ1) is 7.29. The number of allylic oxidation sites excluding steroid dienone is 1. The summed E-state index contributed by atoms with van der Waals surface area (Å²) in [6, 6.07) is 7.89. The highest BCUT2D eigenvalue weighted by Crippen LogP contribution is 2.27. The zero-order valence-electron chi connectivity index (χ0n) is 8.39. The minimum Gasteiger partial charge on any atom is -0.487 e. The summed E-state index contributed by atoms with van der Waals surface area (Å²) >= 11 is 4.25. The number of aliphatic hydroxyl groups excluding tert-OH is 1. The van der Waals surface area contributed by atoms with Crippen LogP contribution >= 0.6 is 12.6 Å². The molecule has 0 aliphatic carbocycles. The molecule has 15 heavy (non-hydrogen) atoms. The van der Waals surface area contributed by atoms with Gasteiger partial charge >= 0.3 is 0 Å². The molecule has 80 valence electrons. The van der Waals surface area contributed by atoms with Crippen LogP contribution in [0.3, 0.4) is 0 Å². The van der Waals surface area contributed by atoms with E-state index in [2.05, 4.69) is 12.6 Å². The highest BCUT2D eigenvalue weighted by molar-refractivity contribution is 7.80. The second kappa shape index (κ2) is 4.73. The SMILES string of the molecule is OCc1cccc(C2=COC(S)CC2)c1. The molecule has 2 nitrogen and oxygen atoms in total. The van der Waals surface area contributed by atoms with Crippen molar-refractivity contribution in [2.45, 2.75) is 24.9 Å². The average molecular weight is 222 g/mol. The van der Waals surface area contributed by atoms with Gasteiger partial charge in [0, 0.05) is 0 Å². The normalized spacial score (nSPS) is 20.7. The van der Waals surface area contributed by atoms with Crippen molar-refractivity contribution in [3.8, 4) is 0 Å². The summed E-state index contributed by atoms with van der Waals surface area (Å²) in [5, 5.41) is 9.04. The molecule has 0 radical (unpaired) electrons. The fourth-order valence-electron chi connectivity index (χ4n) is 1.65. The van der Waals surface area contributed by atoms with Crippen LogP contribution < -0.4 is 0 Å². The third-order valence-electron chi connectivity index (χ3n) is 2.51. The van der Waals surface area contributed by atoms with Crippen molar-refractivity contribution in [3.63, 3.8) is 0 Å². The van der Waals surface area contributed by atoms with Crippen LogP contribution in [0.4, 0.5) is 0 Å². The Morgan fingerprint density at radius 1 is 1.47 bits per heavy atom. The molecule has 1 heterocycles. The number of aliphatic hydroxyl groups is 1. The summed E-state index contributed by atoms with van der Waals surface area (Å²) in [6.45, 7) is 0.0805. The number of benzene rings is 1. The minimum absolute atomic E-state index is 0.0229. The fraction of sp³-hybridized carbons (Fsp3) is 0.333. The standard InChI is InChI=1S/C12H14O2S/c13-7-9-2-1-3-10(6-9)11-4-5-12(15)14-8-11/h1-3,6,8,12-13,15H,4-5,7H2. The van der Waals surface area contributed by atoms with Gasteiger partial charge in [-0.1, -0.05) is 18.2 Å². The lowest BCUT2D eigenvalue weighted by Crippen LogP contribution is -2.07. The summed E-state index contributed by atoms with van der Waals surface area (Å²) < 4.78 is 5.36. The van der Waals surface area contributed by atoms with Crippen molar-refractivity contribution in [2.75, 3.05) is 0 Å². The maximum Gasteiger partial charge on any atom is 0.141 e. The van der Waals surface area contributed by atoms with Crippen molar-refractivity contribution in [1.82, 2.24) is 0 Å². The van der Waals surface area contributed by atoms with E-state index in [0.29, 0.717) is 0 Å². The molecule has 1 aliphatic heterocycles. The summed E-state index contributed by atoms with van der Waals surface area (Å²) in [4.78, 5) is 0. The molecule has 0 bridgehead atoms. The van der Waals surface area contributed by atoms with Crippen LogP contribution in [-0.2, 0) is 11.3 Å². The van der Waals surface area contributed by atoms with E-state index in [1.54, 1.807) is 6.26 Å². The van der Waals surface area contributed by atoms with Crippen molar-refractivity contribution >= 4 is 18.2 Å². The largest absolute Gasteiger partial charge is 0.487 e. The second-order valence-corrected chi connectivity index (χ2v) is 4.21. The van der Waals surface area contributed by atoms with E-state index in [1.807, 2.05) is 24.3 Å². The molecule has 0 aromatic heterocycles. The van der Waals surface area contributed by atoms with Crippen LogP contribution in [0.5, 0.6) is 0 Å². The van der Waals surface area contributed by atoms with Gasteiger partial charge < -0.3 is 9.84 Å². The van der Waals surface area contributed by atoms with Crippen molar-refractivity contribution < 1.29 is 9.84 Å². The van der Waals surface area contributed by atoms with Gasteiger partial charge in [-0.25, -0.2) is 0 Å². The number of hydrogen-bond acceptors (Lipinski definition) is 3. The zero-order valence-corrected chi connectivity index (χ0v) is 9.28. The van der Waals surface area contributed by atoms with E-state index >= 15 is 0 Å². The molecule has 1 atom stereocenters. The molecule has 0 fully saturated rings. The van der Waals surface area contributed by atoms with Gasteiger partial charge in [-0.15, -0.1) is 12.6 Å². The van der Waals surface area contributed by atoms with E-state index in [0.717, 1.165) is 24.0 Å². The lowest BCUT2D eigenvalue weighted by Gasteiger charge is -2.19. The number of hydrogen-bond donors (Lipinski definition) is 2. The molecule has 0 amide bonds. The molecule has 1 N–H and O–H groups in total. The maximum absolute atomic E-state index is 9.04. The monoisotopic (exact) mass is 222 g/mol. The maximum atomic E-state index is 9.04. The first-order valence-electron chi connectivity index (χ1n) is 5.02. The first kappa shape index (κ1) is 10.6. The molecule has 0 spiro atoms. The van der Waals surface area contributed by atoms with Gasteiger partial charge in [0.15, 0.2) is 0 Å². The number of thiol groups is 1. The fourth-order valence-corrected chi connectivity index (χ4v) is 1.84. The Balaban J connectivity index is 2.22. The van der Waals surface area contributed by atoms with Gasteiger partial charge in [-0.2, -0.15) is 0 Å². The van der Waals surface area contributed by atoms with Crippen LogP contribution in [0.1, 0.15) is 24.0 Å². The molecule has 0 saturated carbocycles. The van der Waals surface area contributed by atoms with Crippen molar-refractivity contribution in [3.05, 3.63) is 41.7 Å². The Labute approximate surface area is 95.0 Å². The lowest BCUT2D eigenvalue weighted by atomic mass is 10.00. The summed E-state index contributed by atoms with van der Waals surface area (Å²) in [7, 11) is 0. The van der Waals surface area contributed by atoms with Crippen molar-refractivity contribution in [1.29, 1.82) is 0 Å². The van der Waals surface area contributed by atoms with E-state index in [1.165, 1.54) is 5.57 Å². The zero-order chi connectivity index (χ0) is 10.7. The topological polar surface area (TPSA) is 29.5 Å². The highest BCUT2D eigenvalue weighted by atomic mass is 32.1. The van der Waals surface area contributed by atoms with E-state index in [4.69, 9.17) is 9.84 Å². The van der Waals surface area contributed by atoms with Crippen LogP contribution in [0.25, 0.3) is 5.57 Å². The Kier molecular flexibility index (Phi) is 3.34. The summed E-state index contributed by atoms with van der Waals surface area (Å²) in [6.07, 6.45) is 3.68. The minimum atomic E-state index is 0.0229. The van der Waals surface area contributed by atoms with Gasteiger partial charge in [0.05, 0.1) is 12.9 Å². The van der Waals surface area contributed by atoms with Gasteiger partial charge in [-0.3, -0.25) is 0 Å². The molecule has 0 saturated heterocycles. The Morgan fingerprint density at radius 2 is 2.33 bits per heavy atom. The molecule has 1 aromatic carbocycles. The number of rotatable bonds is 2. The molecule has 1 aromatic rings. The van der Waals surface area contributed by atoms with Gasteiger partial charge in [0.2, 0.25) is 0 Å². The van der Waals surface area contributed by atoms with Crippen LogP contribution in [0.15, 0.2) is 30.5 Å². The number of ether oxygens (including phenoxy) is 1. The van der Waals surface area contributed by atoms with Gasteiger partial charge in [0.1, 0.15) is 5.44 Å². The van der Waals surface area contributed by atoms with Crippen LogP contribution in [-0.4, -0.2) is 10.5 Å². The molecule has 1 aliphatic rings. The predicted octanol–water partition coefficient (Wildman–Crippen LogP) is 2.59. The third-order valence-corrected chi connectivity index (χ3v) is 2.89. The lowest BCUT2D eigenvalue weighted by molar-refractivity contribution is 0.206. The first-order valence-corrected chi connectivity index (χ1v) is 5.54. The van der Waals surface area contributed by atoms with E-state index in [-0.39, 0.29) is 12.0 Å². The van der Waals surface area contributed by atoms with E-state index in [9.17, 15) is 0 Å². The van der Waals surface area contributed by atoms with Gasteiger partial charge in [0.25, 0.3) is 0 Å². The summed E-state index contributed by atoms with van der Waals surface area (Å²) in [5.74, 6) is 0.